The molecule has 0 radical (unpaired) electrons. The van der Waals surface area contributed by atoms with E-state index in [1.807, 2.05) is 25.6 Å². The maximum absolute atomic E-state index is 5.87. The highest BCUT2D eigenvalue weighted by molar-refractivity contribution is 8.00. The second kappa shape index (κ2) is 5.16. The van der Waals surface area contributed by atoms with Crippen molar-refractivity contribution < 1.29 is 0 Å². The third kappa shape index (κ3) is 2.85. The smallest absolute Gasteiger partial charge is 0.175 e. The summed E-state index contributed by atoms with van der Waals surface area (Å²) in [5.41, 5.74) is 8.12. The van der Waals surface area contributed by atoms with E-state index in [-0.39, 0.29) is 6.04 Å². The van der Waals surface area contributed by atoms with E-state index in [9.17, 15) is 0 Å². The first-order chi connectivity index (χ1) is 8.08. The molecule has 0 spiro atoms. The Bertz CT molecular complexity index is 489. The fraction of sp³-hybridized carbons (Fsp3) is 0.500. The van der Waals surface area contributed by atoms with Gasteiger partial charge in [-0.1, -0.05) is 0 Å². The molecule has 1 unspecified atom stereocenters. The lowest BCUT2D eigenvalue weighted by Gasteiger charge is -2.06. The quantitative estimate of drug-likeness (QED) is 0.913. The van der Waals surface area contributed by atoms with Gasteiger partial charge in [0.2, 0.25) is 0 Å². The van der Waals surface area contributed by atoms with Crippen LogP contribution >= 0.6 is 23.3 Å². The summed E-state index contributed by atoms with van der Waals surface area (Å²) >= 11 is 2.99. The monoisotopic (exact) mass is 269 g/mol. The van der Waals surface area contributed by atoms with Gasteiger partial charge in [-0.05, 0) is 43.6 Å². The molecule has 92 valence electrons. The van der Waals surface area contributed by atoms with Crippen LogP contribution in [0.25, 0.3) is 0 Å². The molecule has 17 heavy (non-hydrogen) atoms. The molecule has 0 fully saturated rings. The molecule has 0 amide bonds. The lowest BCUT2D eigenvalue weighted by molar-refractivity contribution is 0.677. The lowest BCUT2D eigenvalue weighted by atomic mass is 10.1. The van der Waals surface area contributed by atoms with Crippen LogP contribution in [0.1, 0.15) is 18.2 Å². The van der Waals surface area contributed by atoms with E-state index in [1.54, 1.807) is 18.1 Å². The van der Waals surface area contributed by atoms with Crippen molar-refractivity contribution in [1.82, 2.24) is 19.1 Å². The summed E-state index contributed by atoms with van der Waals surface area (Å²) in [5.74, 6) is 0. The molecule has 0 aromatic carbocycles. The minimum absolute atomic E-state index is 0.131. The van der Waals surface area contributed by atoms with Crippen molar-refractivity contribution in [1.29, 1.82) is 0 Å². The lowest BCUT2D eigenvalue weighted by Crippen LogP contribution is -2.18. The van der Waals surface area contributed by atoms with Crippen LogP contribution in [0.3, 0.4) is 0 Å². The zero-order valence-electron chi connectivity index (χ0n) is 10.0. The number of aryl methyl sites for hydroxylation is 2. The van der Waals surface area contributed by atoms with E-state index >= 15 is 0 Å². The van der Waals surface area contributed by atoms with Gasteiger partial charge in [0.15, 0.2) is 4.34 Å². The van der Waals surface area contributed by atoms with Gasteiger partial charge >= 0.3 is 0 Å². The van der Waals surface area contributed by atoms with Gasteiger partial charge in [0, 0.05) is 18.7 Å². The fourth-order valence-corrected chi connectivity index (χ4v) is 3.24. The second-order valence-corrected chi connectivity index (χ2v) is 6.00. The van der Waals surface area contributed by atoms with Crippen molar-refractivity contribution in [3.8, 4) is 0 Å². The number of aromatic nitrogens is 4. The van der Waals surface area contributed by atoms with Gasteiger partial charge in [-0.15, -0.1) is 0 Å². The summed E-state index contributed by atoms with van der Waals surface area (Å²) in [6, 6.07) is 0.131. The summed E-state index contributed by atoms with van der Waals surface area (Å²) in [6.07, 6.45) is 2.41. The number of nitrogens with two attached hydrogens (primary N) is 1. The van der Waals surface area contributed by atoms with E-state index in [0.29, 0.717) is 0 Å². The van der Waals surface area contributed by atoms with E-state index in [4.69, 9.17) is 5.73 Å². The van der Waals surface area contributed by atoms with Gasteiger partial charge in [0.05, 0.1) is 5.69 Å². The average Bonchev–Trinajstić information content (AvgIpc) is 2.82. The molecule has 5 nitrogen and oxygen atoms in total. The zero-order valence-corrected chi connectivity index (χ0v) is 11.7. The normalized spacial score (nSPS) is 12.9. The van der Waals surface area contributed by atoms with Gasteiger partial charge in [0.25, 0.3) is 0 Å². The minimum atomic E-state index is 0.131. The van der Waals surface area contributed by atoms with Crippen molar-refractivity contribution in [2.24, 2.45) is 12.8 Å². The Morgan fingerprint density at radius 3 is 2.94 bits per heavy atom. The molecule has 0 aliphatic carbocycles. The van der Waals surface area contributed by atoms with Gasteiger partial charge in [-0.3, -0.25) is 4.68 Å². The molecular weight excluding hydrogens is 254 g/mol. The van der Waals surface area contributed by atoms with E-state index in [0.717, 1.165) is 21.5 Å². The van der Waals surface area contributed by atoms with Crippen LogP contribution < -0.4 is 5.73 Å². The van der Waals surface area contributed by atoms with Crippen molar-refractivity contribution >= 4 is 23.3 Å². The first kappa shape index (κ1) is 12.5. The first-order valence-corrected chi connectivity index (χ1v) is 6.89. The van der Waals surface area contributed by atoms with Crippen LogP contribution in [0.4, 0.5) is 0 Å². The predicted molar refractivity (Wildman–Crippen MR) is 69.3 cm³/mol. The molecule has 2 heterocycles. The molecule has 0 saturated carbocycles. The second-order valence-electron chi connectivity index (χ2n) is 3.98. The maximum atomic E-state index is 5.87. The highest BCUT2D eigenvalue weighted by Crippen LogP contribution is 2.32. The van der Waals surface area contributed by atoms with Crippen LogP contribution in [0, 0.1) is 6.92 Å². The SMILES string of the molecule is Cc1nn(C)c(Sc2ncns2)c1CC(C)N. The summed E-state index contributed by atoms with van der Waals surface area (Å²) in [5, 5.41) is 5.55. The number of hydrogen-bond donors (Lipinski definition) is 1. The molecule has 0 aliphatic heterocycles. The Balaban J connectivity index is 2.31. The molecule has 2 N–H and O–H groups in total. The van der Waals surface area contributed by atoms with Gasteiger partial charge in [-0.2, -0.15) is 9.47 Å². The molecule has 7 heteroatoms. The maximum Gasteiger partial charge on any atom is 0.175 e. The summed E-state index contributed by atoms with van der Waals surface area (Å²) in [7, 11) is 1.95. The molecule has 2 aromatic heterocycles. The molecule has 2 rings (SSSR count). The van der Waals surface area contributed by atoms with Crippen molar-refractivity contribution in [3.63, 3.8) is 0 Å². The van der Waals surface area contributed by atoms with Crippen LogP contribution in [0.5, 0.6) is 0 Å². The third-order valence-corrected chi connectivity index (χ3v) is 4.26. The highest BCUT2D eigenvalue weighted by Gasteiger charge is 2.16. The fourth-order valence-electron chi connectivity index (χ4n) is 1.66. The third-order valence-electron chi connectivity index (χ3n) is 2.34. The van der Waals surface area contributed by atoms with Crippen molar-refractivity contribution in [2.75, 3.05) is 0 Å². The Kier molecular flexibility index (Phi) is 3.80. The average molecular weight is 269 g/mol. The Hall–Kier alpha value is -0.920. The summed E-state index contributed by atoms with van der Waals surface area (Å²) < 4.78 is 6.82. The zero-order chi connectivity index (χ0) is 12.4. The van der Waals surface area contributed by atoms with Crippen molar-refractivity contribution in [2.45, 2.75) is 35.7 Å². The molecular formula is C10H15N5S2. The first-order valence-electron chi connectivity index (χ1n) is 5.30. The Morgan fingerprint density at radius 2 is 2.35 bits per heavy atom. The van der Waals surface area contributed by atoms with Crippen molar-refractivity contribution in [3.05, 3.63) is 17.6 Å². The highest BCUT2D eigenvalue weighted by atomic mass is 32.2. The van der Waals surface area contributed by atoms with Gasteiger partial charge in [-0.25, -0.2) is 4.98 Å². The molecule has 0 aliphatic rings. The minimum Gasteiger partial charge on any atom is -0.328 e. The largest absolute Gasteiger partial charge is 0.328 e. The van der Waals surface area contributed by atoms with Gasteiger partial charge < -0.3 is 5.73 Å². The standard InChI is InChI=1S/C10H15N5S2/c1-6(11)4-8-7(2)14-15(3)9(8)16-10-12-5-13-17-10/h5-6H,4,11H2,1-3H3. The molecule has 0 saturated heterocycles. The topological polar surface area (TPSA) is 69.6 Å². The number of hydrogen-bond acceptors (Lipinski definition) is 6. The number of nitrogens with zero attached hydrogens (tertiary/aromatic N) is 4. The van der Waals surface area contributed by atoms with E-state index in [2.05, 4.69) is 14.5 Å². The predicted octanol–water partition coefficient (Wildman–Crippen LogP) is 1.62. The van der Waals surface area contributed by atoms with Crippen LogP contribution in [0.15, 0.2) is 15.7 Å². The molecule has 2 aromatic rings. The van der Waals surface area contributed by atoms with E-state index in [1.165, 1.54) is 17.1 Å². The summed E-state index contributed by atoms with van der Waals surface area (Å²) in [4.78, 5) is 4.18. The van der Waals surface area contributed by atoms with Gasteiger partial charge in [0.1, 0.15) is 11.4 Å². The molecule has 1 atom stereocenters. The summed E-state index contributed by atoms with van der Waals surface area (Å²) in [6.45, 7) is 4.02. The van der Waals surface area contributed by atoms with Crippen LogP contribution in [-0.2, 0) is 13.5 Å². The molecule has 0 bridgehead atoms. The van der Waals surface area contributed by atoms with Crippen LogP contribution in [0.2, 0.25) is 0 Å². The number of rotatable bonds is 4. The Labute approximate surface area is 109 Å². The van der Waals surface area contributed by atoms with E-state index < -0.39 is 0 Å². The van der Waals surface area contributed by atoms with Crippen LogP contribution in [-0.4, -0.2) is 25.2 Å². The Morgan fingerprint density at radius 1 is 1.59 bits per heavy atom.